The molecule has 3 unspecified atom stereocenters. The molecule has 214 valence electrons. The van der Waals surface area contributed by atoms with Crippen molar-refractivity contribution in [2.24, 2.45) is 22.5 Å². The predicted octanol–water partition coefficient (Wildman–Crippen LogP) is 5.23. The minimum Gasteiger partial charge on any atom is -0.480 e. The largest absolute Gasteiger partial charge is 0.480 e. The minimum atomic E-state index is -1.33. The molecule has 0 saturated heterocycles. The van der Waals surface area contributed by atoms with E-state index in [0.29, 0.717) is 12.0 Å². The molecule has 0 bridgehead atoms. The van der Waals surface area contributed by atoms with E-state index in [1.165, 1.54) is 12.1 Å². The van der Waals surface area contributed by atoms with Crippen LogP contribution in [0.5, 0.6) is 11.5 Å². The SMILES string of the molecule is CCC(C)C(=O)OC(C)CC(c1ccc(OC(=O)CC(C)(C)C)c(OC(=O)CC(C)(C)C)c1)[C@H](N)C(=O)O. The summed E-state index contributed by atoms with van der Waals surface area (Å²) >= 11 is 0. The number of aliphatic carboxylic acids is 1. The highest BCUT2D eigenvalue weighted by Gasteiger charge is 2.31. The lowest BCUT2D eigenvalue weighted by molar-refractivity contribution is -0.153. The van der Waals surface area contributed by atoms with Crippen LogP contribution in [-0.2, 0) is 23.9 Å². The number of carboxylic acids is 1. The van der Waals surface area contributed by atoms with Crippen molar-refractivity contribution in [1.82, 2.24) is 0 Å². The molecule has 0 saturated carbocycles. The van der Waals surface area contributed by atoms with E-state index in [4.69, 9.17) is 19.9 Å². The second-order valence-corrected chi connectivity index (χ2v) is 12.4. The molecule has 9 heteroatoms. The highest BCUT2D eigenvalue weighted by Crippen LogP contribution is 2.36. The summed E-state index contributed by atoms with van der Waals surface area (Å²) in [5.41, 5.74) is 5.83. The molecule has 0 radical (unpaired) electrons. The Morgan fingerprint density at radius 3 is 1.84 bits per heavy atom. The standard InChI is InChI=1S/C29H45NO8/c1-10-17(2)27(35)36-18(3)13-20(25(30)26(33)34)19-11-12-21(37-23(31)15-28(4,5)6)22(14-19)38-24(32)16-29(7,8)9/h11-12,14,17-18,20,25H,10,13,15-16,30H2,1-9H3,(H,33,34)/t17?,18?,20?,25-/m0/s1. The van der Waals surface area contributed by atoms with Crippen LogP contribution in [0, 0.1) is 16.7 Å². The molecular formula is C29H45NO8. The van der Waals surface area contributed by atoms with Gasteiger partial charge in [0.05, 0.1) is 24.9 Å². The van der Waals surface area contributed by atoms with E-state index < -0.39 is 36.0 Å². The number of ether oxygens (including phenoxy) is 3. The molecule has 4 atom stereocenters. The Hall–Kier alpha value is -2.94. The van der Waals surface area contributed by atoms with Crippen molar-refractivity contribution in [3.8, 4) is 11.5 Å². The van der Waals surface area contributed by atoms with Gasteiger partial charge in [-0.2, -0.15) is 0 Å². The zero-order valence-corrected chi connectivity index (χ0v) is 24.3. The lowest BCUT2D eigenvalue weighted by atomic mass is 9.87. The third-order valence-corrected chi connectivity index (χ3v) is 5.83. The van der Waals surface area contributed by atoms with Gasteiger partial charge in [-0.1, -0.05) is 61.5 Å². The van der Waals surface area contributed by atoms with E-state index in [-0.39, 0.29) is 53.5 Å². The Labute approximate surface area is 226 Å². The van der Waals surface area contributed by atoms with Crippen LogP contribution >= 0.6 is 0 Å². The Balaban J connectivity index is 3.41. The van der Waals surface area contributed by atoms with Crippen LogP contribution in [0.4, 0.5) is 0 Å². The molecular weight excluding hydrogens is 490 g/mol. The summed E-state index contributed by atoms with van der Waals surface area (Å²) < 4.78 is 16.7. The normalized spacial score (nSPS) is 15.1. The molecule has 0 aliphatic heterocycles. The summed E-state index contributed by atoms with van der Waals surface area (Å²) in [4.78, 5) is 49.3. The number of benzene rings is 1. The quantitative estimate of drug-likeness (QED) is 0.271. The molecule has 1 aromatic rings. The first-order valence-electron chi connectivity index (χ1n) is 13.1. The first-order chi connectivity index (χ1) is 17.3. The van der Waals surface area contributed by atoms with Crippen LogP contribution in [0.15, 0.2) is 18.2 Å². The Bertz CT molecular complexity index is 989. The molecule has 0 aliphatic rings. The smallest absolute Gasteiger partial charge is 0.321 e. The molecule has 38 heavy (non-hydrogen) atoms. The number of hydrogen-bond acceptors (Lipinski definition) is 8. The van der Waals surface area contributed by atoms with Gasteiger partial charge in [-0.15, -0.1) is 0 Å². The monoisotopic (exact) mass is 535 g/mol. The van der Waals surface area contributed by atoms with Gasteiger partial charge in [0.1, 0.15) is 6.04 Å². The van der Waals surface area contributed by atoms with E-state index in [2.05, 4.69) is 0 Å². The number of carboxylic acid groups (broad SMARTS) is 1. The highest BCUT2D eigenvalue weighted by atomic mass is 16.6. The lowest BCUT2D eigenvalue weighted by Crippen LogP contribution is -2.38. The van der Waals surface area contributed by atoms with Crippen molar-refractivity contribution in [2.75, 3.05) is 0 Å². The molecule has 9 nitrogen and oxygen atoms in total. The molecule has 0 spiro atoms. The van der Waals surface area contributed by atoms with Crippen LogP contribution in [0.2, 0.25) is 0 Å². The second kappa shape index (κ2) is 13.7. The summed E-state index contributed by atoms with van der Waals surface area (Å²) in [6, 6.07) is 3.19. The number of rotatable bonds is 12. The number of carbonyl (C=O) groups is 4. The third-order valence-electron chi connectivity index (χ3n) is 5.83. The zero-order chi connectivity index (χ0) is 29.4. The van der Waals surface area contributed by atoms with E-state index >= 15 is 0 Å². The molecule has 1 rings (SSSR count). The topological polar surface area (TPSA) is 142 Å². The van der Waals surface area contributed by atoms with Crippen molar-refractivity contribution in [2.45, 2.75) is 106 Å². The van der Waals surface area contributed by atoms with Gasteiger partial charge >= 0.3 is 23.9 Å². The van der Waals surface area contributed by atoms with Crippen LogP contribution in [-0.4, -0.2) is 41.1 Å². The van der Waals surface area contributed by atoms with Crippen molar-refractivity contribution in [3.63, 3.8) is 0 Å². The molecule has 1 aromatic carbocycles. The van der Waals surface area contributed by atoms with Crippen LogP contribution in [0.1, 0.15) is 99.5 Å². The van der Waals surface area contributed by atoms with Crippen molar-refractivity contribution in [3.05, 3.63) is 23.8 Å². The van der Waals surface area contributed by atoms with Gasteiger partial charge < -0.3 is 25.1 Å². The number of hydrogen-bond donors (Lipinski definition) is 2. The number of carbonyl (C=O) groups excluding carboxylic acids is 3. The average Bonchev–Trinajstić information content (AvgIpc) is 2.74. The summed E-state index contributed by atoms with van der Waals surface area (Å²) in [5, 5.41) is 9.67. The molecule has 0 aliphatic carbocycles. The molecule has 0 fully saturated rings. The fourth-order valence-electron chi connectivity index (χ4n) is 3.65. The van der Waals surface area contributed by atoms with Crippen molar-refractivity contribution < 1.29 is 38.5 Å². The summed E-state index contributed by atoms with van der Waals surface area (Å²) in [5.74, 6) is -3.68. The molecule has 0 amide bonds. The van der Waals surface area contributed by atoms with E-state index in [0.717, 1.165) is 0 Å². The fraction of sp³-hybridized carbons (Fsp3) is 0.655. The van der Waals surface area contributed by atoms with E-state index in [1.807, 2.05) is 48.5 Å². The van der Waals surface area contributed by atoms with Gasteiger partial charge in [-0.25, -0.2) is 0 Å². The first-order valence-corrected chi connectivity index (χ1v) is 13.1. The highest BCUT2D eigenvalue weighted by molar-refractivity contribution is 5.78. The van der Waals surface area contributed by atoms with E-state index in [1.54, 1.807) is 19.9 Å². The Kier molecular flexibility index (Phi) is 12.0. The molecule has 3 N–H and O–H groups in total. The van der Waals surface area contributed by atoms with Gasteiger partial charge in [0.15, 0.2) is 11.5 Å². The zero-order valence-electron chi connectivity index (χ0n) is 24.3. The minimum absolute atomic E-state index is 0.00847. The maximum Gasteiger partial charge on any atom is 0.321 e. The van der Waals surface area contributed by atoms with Gasteiger partial charge in [0, 0.05) is 5.92 Å². The van der Waals surface area contributed by atoms with Gasteiger partial charge in [0.25, 0.3) is 0 Å². The fourth-order valence-corrected chi connectivity index (χ4v) is 3.65. The van der Waals surface area contributed by atoms with Gasteiger partial charge in [-0.3, -0.25) is 19.2 Å². The molecule has 0 heterocycles. The number of esters is 3. The Morgan fingerprint density at radius 2 is 1.39 bits per heavy atom. The van der Waals surface area contributed by atoms with Crippen molar-refractivity contribution >= 4 is 23.9 Å². The maximum atomic E-state index is 12.7. The van der Waals surface area contributed by atoms with E-state index in [9.17, 15) is 24.3 Å². The third kappa shape index (κ3) is 11.6. The van der Waals surface area contributed by atoms with Crippen LogP contribution in [0.3, 0.4) is 0 Å². The van der Waals surface area contributed by atoms with Crippen molar-refractivity contribution in [1.29, 1.82) is 0 Å². The predicted molar refractivity (Wildman–Crippen MR) is 144 cm³/mol. The van der Waals surface area contributed by atoms with Crippen LogP contribution in [0.25, 0.3) is 0 Å². The molecule has 0 aromatic heterocycles. The van der Waals surface area contributed by atoms with Gasteiger partial charge in [-0.05, 0) is 48.3 Å². The van der Waals surface area contributed by atoms with Crippen LogP contribution < -0.4 is 15.2 Å². The number of nitrogens with two attached hydrogens (primary N) is 1. The first kappa shape index (κ1) is 33.1. The maximum absolute atomic E-state index is 12.7. The average molecular weight is 536 g/mol. The second-order valence-electron chi connectivity index (χ2n) is 12.4. The summed E-state index contributed by atoms with van der Waals surface area (Å²) in [7, 11) is 0. The summed E-state index contributed by atoms with van der Waals surface area (Å²) in [6.45, 7) is 16.7. The Morgan fingerprint density at radius 1 is 0.895 bits per heavy atom. The van der Waals surface area contributed by atoms with Gasteiger partial charge in [0.2, 0.25) is 0 Å². The summed E-state index contributed by atoms with van der Waals surface area (Å²) in [6.07, 6.45) is 0.350. The lowest BCUT2D eigenvalue weighted by Gasteiger charge is -2.26.